The van der Waals surface area contributed by atoms with Gasteiger partial charge >= 0.3 is 5.97 Å². The quantitative estimate of drug-likeness (QED) is 0.804. The van der Waals surface area contributed by atoms with E-state index in [4.69, 9.17) is 4.74 Å². The first-order valence-corrected chi connectivity index (χ1v) is 9.70. The van der Waals surface area contributed by atoms with Gasteiger partial charge in [-0.15, -0.1) is 0 Å². The second-order valence-electron chi connectivity index (χ2n) is 8.04. The van der Waals surface area contributed by atoms with Gasteiger partial charge in [-0.05, 0) is 56.8 Å². The highest BCUT2D eigenvalue weighted by atomic mass is 16.6. The number of aliphatic hydroxyl groups is 1. The van der Waals surface area contributed by atoms with Gasteiger partial charge in [-0.1, -0.05) is 26.2 Å². The molecule has 136 valence electrons. The Labute approximate surface area is 144 Å². The van der Waals surface area contributed by atoms with Crippen molar-refractivity contribution < 1.29 is 19.4 Å². The summed E-state index contributed by atoms with van der Waals surface area (Å²) >= 11 is 0. The Hall–Kier alpha value is -1.10. The highest BCUT2D eigenvalue weighted by Gasteiger charge is 2.41. The van der Waals surface area contributed by atoms with Crippen LogP contribution in [0, 0.1) is 11.8 Å². The van der Waals surface area contributed by atoms with Crippen LogP contribution < -0.4 is 0 Å². The SMILES string of the molecule is C[C@@H]1CCN(C(=O)COC(=O)C2(O)CCCCC2)[C@@H]2CCCC[C@@H]12. The van der Waals surface area contributed by atoms with E-state index in [9.17, 15) is 14.7 Å². The van der Waals surface area contributed by atoms with Crippen molar-refractivity contribution in [1.82, 2.24) is 4.90 Å². The standard InChI is InChI=1S/C19H31NO4/c1-14-9-12-20(16-8-4-3-7-15(14)16)17(21)13-24-18(22)19(23)10-5-2-6-11-19/h14-16,23H,2-13H2,1H3/t14-,15+,16-/m1/s1. The van der Waals surface area contributed by atoms with Gasteiger partial charge in [0.1, 0.15) is 0 Å². The number of esters is 1. The van der Waals surface area contributed by atoms with Gasteiger partial charge in [-0.3, -0.25) is 4.79 Å². The number of nitrogens with zero attached hydrogens (tertiary/aromatic N) is 1. The van der Waals surface area contributed by atoms with Gasteiger partial charge in [-0.2, -0.15) is 0 Å². The molecule has 3 fully saturated rings. The zero-order valence-electron chi connectivity index (χ0n) is 14.8. The topological polar surface area (TPSA) is 66.8 Å². The van der Waals surface area contributed by atoms with Crippen LogP contribution in [-0.2, 0) is 14.3 Å². The number of rotatable bonds is 3. The van der Waals surface area contributed by atoms with E-state index in [1.165, 1.54) is 19.3 Å². The minimum Gasteiger partial charge on any atom is -0.453 e. The first kappa shape index (κ1) is 17.7. The number of amides is 1. The van der Waals surface area contributed by atoms with Gasteiger partial charge in [-0.25, -0.2) is 4.79 Å². The zero-order valence-corrected chi connectivity index (χ0v) is 14.8. The van der Waals surface area contributed by atoms with E-state index in [0.29, 0.717) is 30.7 Å². The zero-order chi connectivity index (χ0) is 17.2. The molecule has 5 nitrogen and oxygen atoms in total. The Morgan fingerprint density at radius 1 is 1.08 bits per heavy atom. The van der Waals surface area contributed by atoms with Crippen LogP contribution in [0.3, 0.4) is 0 Å². The summed E-state index contributed by atoms with van der Waals surface area (Å²) in [6.45, 7) is 2.84. The molecule has 0 bridgehead atoms. The summed E-state index contributed by atoms with van der Waals surface area (Å²) in [6.07, 6.45) is 9.37. The fourth-order valence-electron chi connectivity index (χ4n) is 4.91. The van der Waals surface area contributed by atoms with Crippen molar-refractivity contribution in [2.24, 2.45) is 11.8 Å². The average Bonchev–Trinajstić information content (AvgIpc) is 2.60. The molecule has 0 radical (unpaired) electrons. The summed E-state index contributed by atoms with van der Waals surface area (Å²) in [4.78, 5) is 26.8. The third-order valence-corrected chi connectivity index (χ3v) is 6.45. The largest absolute Gasteiger partial charge is 0.453 e. The Morgan fingerprint density at radius 2 is 1.79 bits per heavy atom. The predicted molar refractivity (Wildman–Crippen MR) is 90.2 cm³/mol. The molecule has 3 rings (SSSR count). The van der Waals surface area contributed by atoms with Crippen LogP contribution in [0.5, 0.6) is 0 Å². The molecule has 1 heterocycles. The van der Waals surface area contributed by atoms with E-state index in [1.807, 2.05) is 4.90 Å². The van der Waals surface area contributed by atoms with Crippen molar-refractivity contribution in [2.45, 2.75) is 82.8 Å². The van der Waals surface area contributed by atoms with Gasteiger partial charge in [0.2, 0.25) is 0 Å². The van der Waals surface area contributed by atoms with Crippen molar-refractivity contribution in [3.63, 3.8) is 0 Å². The third kappa shape index (κ3) is 3.61. The summed E-state index contributed by atoms with van der Waals surface area (Å²) in [6, 6.07) is 0.312. The maximum atomic E-state index is 12.6. The van der Waals surface area contributed by atoms with Crippen LogP contribution in [0.4, 0.5) is 0 Å². The van der Waals surface area contributed by atoms with Gasteiger partial charge in [0.25, 0.3) is 5.91 Å². The Morgan fingerprint density at radius 3 is 2.54 bits per heavy atom. The molecule has 3 atom stereocenters. The molecule has 24 heavy (non-hydrogen) atoms. The van der Waals surface area contributed by atoms with E-state index in [0.717, 1.165) is 38.6 Å². The maximum absolute atomic E-state index is 12.6. The van der Waals surface area contributed by atoms with Crippen LogP contribution in [0.1, 0.15) is 71.1 Å². The van der Waals surface area contributed by atoms with Crippen molar-refractivity contribution >= 4 is 11.9 Å². The fraction of sp³-hybridized carbons (Fsp3) is 0.895. The number of likely N-dealkylation sites (tertiary alicyclic amines) is 1. The number of hydrogen-bond donors (Lipinski definition) is 1. The summed E-state index contributed by atoms with van der Waals surface area (Å²) in [5.74, 6) is 0.562. The van der Waals surface area contributed by atoms with Crippen LogP contribution in [0.15, 0.2) is 0 Å². The molecule has 0 unspecified atom stereocenters. The second-order valence-corrected chi connectivity index (χ2v) is 8.04. The van der Waals surface area contributed by atoms with E-state index in [1.54, 1.807) is 0 Å². The molecule has 1 saturated heterocycles. The number of fused-ring (bicyclic) bond motifs is 1. The summed E-state index contributed by atoms with van der Waals surface area (Å²) in [5.41, 5.74) is -1.37. The monoisotopic (exact) mass is 337 g/mol. The molecule has 1 amide bonds. The minimum absolute atomic E-state index is 0.0911. The molecule has 2 saturated carbocycles. The van der Waals surface area contributed by atoms with E-state index < -0.39 is 11.6 Å². The van der Waals surface area contributed by atoms with Gasteiger partial charge < -0.3 is 14.7 Å². The normalized spacial score (nSPS) is 32.8. The lowest BCUT2D eigenvalue weighted by atomic mass is 9.72. The molecule has 0 aromatic rings. The number of ether oxygens (including phenoxy) is 1. The Kier molecular flexibility index (Phi) is 5.48. The molecule has 0 aromatic carbocycles. The Balaban J connectivity index is 1.55. The summed E-state index contributed by atoms with van der Waals surface area (Å²) < 4.78 is 5.23. The smallest absolute Gasteiger partial charge is 0.338 e. The van der Waals surface area contributed by atoms with Gasteiger partial charge in [0.15, 0.2) is 12.2 Å². The van der Waals surface area contributed by atoms with Crippen molar-refractivity contribution in [3.8, 4) is 0 Å². The first-order valence-electron chi connectivity index (χ1n) is 9.70. The fourth-order valence-corrected chi connectivity index (χ4v) is 4.91. The maximum Gasteiger partial charge on any atom is 0.338 e. The van der Waals surface area contributed by atoms with Gasteiger partial charge in [0, 0.05) is 12.6 Å². The predicted octanol–water partition coefficient (Wildman–Crippen LogP) is 2.65. The van der Waals surface area contributed by atoms with Crippen LogP contribution in [0.2, 0.25) is 0 Å². The van der Waals surface area contributed by atoms with Crippen LogP contribution >= 0.6 is 0 Å². The van der Waals surface area contributed by atoms with E-state index in [2.05, 4.69) is 6.92 Å². The molecule has 2 aliphatic carbocycles. The molecular weight excluding hydrogens is 306 g/mol. The molecule has 0 aromatic heterocycles. The Bertz CT molecular complexity index is 472. The lowest BCUT2D eigenvalue weighted by Crippen LogP contribution is -2.53. The molecular formula is C19H31NO4. The lowest BCUT2D eigenvalue weighted by molar-refractivity contribution is -0.173. The van der Waals surface area contributed by atoms with Crippen LogP contribution in [-0.4, -0.2) is 46.7 Å². The summed E-state index contributed by atoms with van der Waals surface area (Å²) in [5, 5.41) is 10.4. The van der Waals surface area contributed by atoms with Crippen molar-refractivity contribution in [3.05, 3.63) is 0 Å². The van der Waals surface area contributed by atoms with Crippen LogP contribution in [0.25, 0.3) is 0 Å². The molecule has 5 heteroatoms. The van der Waals surface area contributed by atoms with Crippen molar-refractivity contribution in [2.75, 3.05) is 13.2 Å². The van der Waals surface area contributed by atoms with E-state index in [-0.39, 0.29) is 12.5 Å². The molecule has 0 spiro atoms. The molecule has 1 aliphatic heterocycles. The number of hydrogen-bond acceptors (Lipinski definition) is 4. The summed E-state index contributed by atoms with van der Waals surface area (Å²) in [7, 11) is 0. The molecule has 1 N–H and O–H groups in total. The van der Waals surface area contributed by atoms with E-state index >= 15 is 0 Å². The lowest BCUT2D eigenvalue weighted by Gasteiger charge is -2.47. The number of carbonyl (C=O) groups excluding carboxylic acids is 2. The molecule has 3 aliphatic rings. The highest BCUT2D eigenvalue weighted by molar-refractivity contribution is 5.84. The first-order chi connectivity index (χ1) is 11.5. The number of piperidine rings is 1. The van der Waals surface area contributed by atoms with Crippen molar-refractivity contribution in [1.29, 1.82) is 0 Å². The second kappa shape index (κ2) is 7.42. The van der Waals surface area contributed by atoms with Gasteiger partial charge in [0.05, 0.1) is 0 Å². The average molecular weight is 337 g/mol. The third-order valence-electron chi connectivity index (χ3n) is 6.45. The highest BCUT2D eigenvalue weighted by Crippen LogP contribution is 2.38. The minimum atomic E-state index is -1.37. The number of carbonyl (C=O) groups is 2.